The first kappa shape index (κ1) is 15.7. The Kier molecular flexibility index (Phi) is 10.3. The first-order valence-electron chi connectivity index (χ1n) is 6.13. The molecule has 0 saturated carbocycles. The highest BCUT2D eigenvalue weighted by atomic mass is 16.5. The molecule has 0 aromatic heterocycles. The van der Waals surface area contributed by atoms with E-state index in [1.165, 1.54) is 13.2 Å². The Morgan fingerprint density at radius 3 is 2.24 bits per heavy atom. The topological polar surface area (TPSA) is 63.6 Å². The molecule has 0 aromatic carbocycles. The summed E-state index contributed by atoms with van der Waals surface area (Å²) < 4.78 is 4.55. The van der Waals surface area contributed by atoms with E-state index in [0.29, 0.717) is 6.42 Å². The number of hydrogen-bond acceptors (Lipinski definition) is 3. The summed E-state index contributed by atoms with van der Waals surface area (Å²) in [7, 11) is 1.41. The Balaban J connectivity index is 3.14. The molecule has 0 aliphatic carbocycles. The summed E-state index contributed by atoms with van der Waals surface area (Å²) in [5.74, 6) is -1.02. The Morgan fingerprint density at radius 2 is 1.65 bits per heavy atom. The summed E-state index contributed by atoms with van der Waals surface area (Å²) in [6, 6.07) is 0. The summed E-state index contributed by atoms with van der Waals surface area (Å²) in [5.41, 5.74) is 0. The van der Waals surface area contributed by atoms with E-state index in [-0.39, 0.29) is 5.97 Å². The Labute approximate surface area is 103 Å². The van der Waals surface area contributed by atoms with Gasteiger partial charge in [0.2, 0.25) is 0 Å². The highest BCUT2D eigenvalue weighted by Gasteiger charge is 1.98. The van der Waals surface area contributed by atoms with Crippen LogP contribution in [0.25, 0.3) is 0 Å². The molecule has 0 aliphatic heterocycles. The summed E-state index contributed by atoms with van der Waals surface area (Å²) in [4.78, 5) is 21.0. The average Bonchev–Trinajstić information content (AvgIpc) is 2.30. The molecule has 0 unspecified atom stereocenters. The molecule has 0 radical (unpaired) electrons. The zero-order valence-electron chi connectivity index (χ0n) is 10.5. The van der Waals surface area contributed by atoms with Crippen molar-refractivity contribution in [2.45, 2.75) is 51.4 Å². The van der Waals surface area contributed by atoms with Crippen molar-refractivity contribution >= 4 is 11.9 Å². The molecule has 98 valence electrons. The maximum absolute atomic E-state index is 10.8. The van der Waals surface area contributed by atoms with Gasteiger partial charge in [-0.3, -0.25) is 4.79 Å². The third-order valence-corrected chi connectivity index (χ3v) is 2.49. The van der Waals surface area contributed by atoms with Gasteiger partial charge in [0.25, 0.3) is 0 Å². The smallest absolute Gasteiger partial charge is 0.327 e. The molecule has 1 N–H and O–H groups in total. The van der Waals surface area contributed by atoms with Gasteiger partial charge in [-0.2, -0.15) is 0 Å². The lowest BCUT2D eigenvalue weighted by Crippen LogP contribution is -1.99. The third-order valence-electron chi connectivity index (χ3n) is 2.49. The van der Waals surface area contributed by atoms with E-state index >= 15 is 0 Å². The van der Waals surface area contributed by atoms with E-state index in [4.69, 9.17) is 5.11 Å². The standard InChI is InChI=1S/C13H22O4/c1-17-13(16)11-9-7-5-3-2-4-6-8-10-12(14)15/h8,10H,2-7,9,11H2,1H3,(H,14,15). The van der Waals surface area contributed by atoms with Gasteiger partial charge < -0.3 is 9.84 Å². The second-order valence-electron chi connectivity index (χ2n) is 3.98. The van der Waals surface area contributed by atoms with Gasteiger partial charge in [0.05, 0.1) is 7.11 Å². The SMILES string of the molecule is COC(=O)CCCCCCCCC=CC(=O)O. The number of hydrogen-bond donors (Lipinski definition) is 1. The number of ether oxygens (including phenoxy) is 1. The van der Waals surface area contributed by atoms with Gasteiger partial charge in [-0.15, -0.1) is 0 Å². The van der Waals surface area contributed by atoms with Crippen molar-refractivity contribution in [3.05, 3.63) is 12.2 Å². The molecule has 0 rings (SSSR count). The summed E-state index contributed by atoms with van der Waals surface area (Å²) in [6.45, 7) is 0. The largest absolute Gasteiger partial charge is 0.478 e. The minimum Gasteiger partial charge on any atom is -0.478 e. The minimum atomic E-state index is -0.882. The fourth-order valence-electron chi connectivity index (χ4n) is 1.52. The first-order chi connectivity index (χ1) is 8.16. The van der Waals surface area contributed by atoms with E-state index in [0.717, 1.165) is 44.9 Å². The lowest BCUT2D eigenvalue weighted by molar-refractivity contribution is -0.140. The summed E-state index contributed by atoms with van der Waals surface area (Å²) in [6.07, 6.45) is 10.6. The number of unbranched alkanes of at least 4 members (excludes halogenated alkanes) is 6. The Morgan fingerprint density at radius 1 is 1.06 bits per heavy atom. The number of methoxy groups -OCH3 is 1. The van der Waals surface area contributed by atoms with Gasteiger partial charge in [0.15, 0.2) is 0 Å². The second-order valence-corrected chi connectivity index (χ2v) is 3.98. The molecule has 0 heterocycles. The number of allylic oxidation sites excluding steroid dienone is 1. The van der Waals surface area contributed by atoms with Crippen molar-refractivity contribution in [3.63, 3.8) is 0 Å². The number of rotatable bonds is 10. The summed E-state index contributed by atoms with van der Waals surface area (Å²) >= 11 is 0. The molecule has 0 bridgehead atoms. The van der Waals surface area contributed by atoms with Crippen molar-refractivity contribution in [2.24, 2.45) is 0 Å². The van der Waals surface area contributed by atoms with Crippen LogP contribution in [-0.2, 0) is 14.3 Å². The van der Waals surface area contributed by atoms with Gasteiger partial charge in [0.1, 0.15) is 0 Å². The third kappa shape index (κ3) is 12.6. The predicted octanol–water partition coefficient (Wildman–Crippen LogP) is 2.92. The van der Waals surface area contributed by atoms with E-state index in [2.05, 4.69) is 4.74 Å². The fourth-order valence-corrected chi connectivity index (χ4v) is 1.52. The van der Waals surface area contributed by atoms with E-state index < -0.39 is 5.97 Å². The predicted molar refractivity (Wildman–Crippen MR) is 65.7 cm³/mol. The molecule has 0 amide bonds. The van der Waals surface area contributed by atoms with E-state index in [9.17, 15) is 9.59 Å². The molecular formula is C13H22O4. The van der Waals surface area contributed by atoms with Crippen molar-refractivity contribution in [1.82, 2.24) is 0 Å². The fraction of sp³-hybridized carbons (Fsp3) is 0.692. The number of carbonyl (C=O) groups excluding carboxylic acids is 1. The van der Waals surface area contributed by atoms with Gasteiger partial charge in [-0.25, -0.2) is 4.79 Å². The number of carboxylic acids is 1. The van der Waals surface area contributed by atoms with Crippen LogP contribution in [0.4, 0.5) is 0 Å². The van der Waals surface area contributed by atoms with Gasteiger partial charge in [0, 0.05) is 12.5 Å². The number of carboxylic acid groups (broad SMARTS) is 1. The molecule has 17 heavy (non-hydrogen) atoms. The second kappa shape index (κ2) is 11.2. The maximum Gasteiger partial charge on any atom is 0.327 e. The molecule has 0 aliphatic rings. The van der Waals surface area contributed by atoms with Crippen LogP contribution in [0.1, 0.15) is 51.4 Å². The van der Waals surface area contributed by atoms with Crippen molar-refractivity contribution < 1.29 is 19.4 Å². The van der Waals surface area contributed by atoms with Crippen LogP contribution in [0.2, 0.25) is 0 Å². The quantitative estimate of drug-likeness (QED) is 0.363. The highest BCUT2D eigenvalue weighted by molar-refractivity contribution is 5.79. The molecule has 0 spiro atoms. The molecule has 0 saturated heterocycles. The number of aliphatic carboxylic acids is 1. The van der Waals surface area contributed by atoms with Crippen LogP contribution in [0.3, 0.4) is 0 Å². The zero-order chi connectivity index (χ0) is 12.9. The molecule has 4 heteroatoms. The van der Waals surface area contributed by atoms with E-state index in [1.807, 2.05) is 0 Å². The van der Waals surface area contributed by atoms with Gasteiger partial charge >= 0.3 is 11.9 Å². The van der Waals surface area contributed by atoms with Crippen LogP contribution in [0.5, 0.6) is 0 Å². The number of carbonyl (C=O) groups is 2. The highest BCUT2D eigenvalue weighted by Crippen LogP contribution is 2.09. The van der Waals surface area contributed by atoms with Crippen molar-refractivity contribution in [2.75, 3.05) is 7.11 Å². The molecule has 0 fully saturated rings. The molecule has 4 nitrogen and oxygen atoms in total. The van der Waals surface area contributed by atoms with E-state index in [1.54, 1.807) is 6.08 Å². The normalized spacial score (nSPS) is 10.6. The Hall–Kier alpha value is -1.32. The monoisotopic (exact) mass is 242 g/mol. The number of esters is 1. The molecular weight excluding hydrogens is 220 g/mol. The molecule has 0 aromatic rings. The zero-order valence-corrected chi connectivity index (χ0v) is 10.5. The van der Waals surface area contributed by atoms with Crippen LogP contribution in [-0.4, -0.2) is 24.2 Å². The Bertz CT molecular complexity index is 246. The van der Waals surface area contributed by atoms with Crippen LogP contribution in [0, 0.1) is 0 Å². The van der Waals surface area contributed by atoms with Crippen LogP contribution < -0.4 is 0 Å². The lowest BCUT2D eigenvalue weighted by Gasteiger charge is -2.00. The summed E-state index contributed by atoms with van der Waals surface area (Å²) in [5, 5.41) is 8.35. The lowest BCUT2D eigenvalue weighted by atomic mass is 10.1. The van der Waals surface area contributed by atoms with Crippen LogP contribution >= 0.6 is 0 Å². The minimum absolute atomic E-state index is 0.135. The maximum atomic E-state index is 10.8. The average molecular weight is 242 g/mol. The van der Waals surface area contributed by atoms with Crippen LogP contribution in [0.15, 0.2) is 12.2 Å². The van der Waals surface area contributed by atoms with Gasteiger partial charge in [-0.1, -0.05) is 31.8 Å². The molecule has 0 atom stereocenters. The van der Waals surface area contributed by atoms with Crippen molar-refractivity contribution in [1.29, 1.82) is 0 Å². The first-order valence-corrected chi connectivity index (χ1v) is 6.13. The van der Waals surface area contributed by atoms with Crippen molar-refractivity contribution in [3.8, 4) is 0 Å². The van der Waals surface area contributed by atoms with Gasteiger partial charge in [-0.05, 0) is 19.3 Å².